The number of amides is 1. The van der Waals surface area contributed by atoms with Crippen molar-refractivity contribution in [2.75, 3.05) is 5.32 Å². The van der Waals surface area contributed by atoms with Crippen molar-refractivity contribution in [2.24, 2.45) is 5.41 Å². The Hall–Kier alpha value is -2.10. The van der Waals surface area contributed by atoms with Crippen molar-refractivity contribution in [3.05, 3.63) is 41.7 Å². The first-order chi connectivity index (χ1) is 9.78. The summed E-state index contributed by atoms with van der Waals surface area (Å²) in [6.07, 6.45) is 0.488. The number of aryl methyl sites for hydroxylation is 1. The van der Waals surface area contributed by atoms with Gasteiger partial charge in [0.05, 0.1) is 22.8 Å². The highest BCUT2D eigenvalue weighted by molar-refractivity contribution is 5.92. The number of para-hydroxylation sites is 1. The lowest BCUT2D eigenvalue weighted by molar-refractivity contribution is -0.117. The summed E-state index contributed by atoms with van der Waals surface area (Å²) in [7, 11) is 0. The maximum Gasteiger partial charge on any atom is 0.224 e. The Labute approximate surface area is 126 Å². The topological polar surface area (TPSA) is 46.9 Å². The van der Waals surface area contributed by atoms with Gasteiger partial charge in [0, 0.05) is 6.42 Å². The minimum atomic E-state index is -0.0265. The molecule has 0 saturated carbocycles. The van der Waals surface area contributed by atoms with E-state index in [9.17, 15) is 4.79 Å². The van der Waals surface area contributed by atoms with Crippen LogP contribution in [0.1, 0.15) is 38.6 Å². The number of nitrogens with zero attached hydrogens (tertiary/aromatic N) is 2. The standard InChI is InChI=1S/C17H23N3O/c1-12-16(18-15(21)11-17(3,4)5)13(2)20(19-12)14-9-7-6-8-10-14/h6-10H,11H2,1-5H3,(H,18,21). The van der Waals surface area contributed by atoms with E-state index in [1.807, 2.05) is 48.9 Å². The molecule has 112 valence electrons. The number of benzene rings is 1. The van der Waals surface area contributed by atoms with Crippen molar-refractivity contribution in [1.82, 2.24) is 9.78 Å². The average molecular weight is 285 g/mol. The fourth-order valence-electron chi connectivity index (χ4n) is 2.31. The van der Waals surface area contributed by atoms with Crippen molar-refractivity contribution in [3.63, 3.8) is 0 Å². The minimum absolute atomic E-state index is 0.0265. The predicted molar refractivity (Wildman–Crippen MR) is 85.7 cm³/mol. The summed E-state index contributed by atoms with van der Waals surface area (Å²) in [5.41, 5.74) is 3.56. The summed E-state index contributed by atoms with van der Waals surface area (Å²) in [5, 5.41) is 7.53. The highest BCUT2D eigenvalue weighted by Gasteiger charge is 2.19. The van der Waals surface area contributed by atoms with Crippen LogP contribution < -0.4 is 5.32 Å². The van der Waals surface area contributed by atoms with E-state index < -0.39 is 0 Å². The van der Waals surface area contributed by atoms with Gasteiger partial charge in [0.25, 0.3) is 0 Å². The first-order valence-corrected chi connectivity index (χ1v) is 7.19. The van der Waals surface area contributed by atoms with Crippen LogP contribution in [0.5, 0.6) is 0 Å². The fourth-order valence-corrected chi connectivity index (χ4v) is 2.31. The van der Waals surface area contributed by atoms with Crippen LogP contribution in [0.3, 0.4) is 0 Å². The number of anilines is 1. The lowest BCUT2D eigenvalue weighted by Crippen LogP contribution is -2.20. The van der Waals surface area contributed by atoms with Crippen molar-refractivity contribution in [1.29, 1.82) is 0 Å². The van der Waals surface area contributed by atoms with Gasteiger partial charge in [0.15, 0.2) is 0 Å². The van der Waals surface area contributed by atoms with Crippen LogP contribution in [0.2, 0.25) is 0 Å². The van der Waals surface area contributed by atoms with Gasteiger partial charge in [-0.05, 0) is 31.4 Å². The second-order valence-corrected chi connectivity index (χ2v) is 6.58. The second-order valence-electron chi connectivity index (χ2n) is 6.58. The van der Waals surface area contributed by atoms with Crippen LogP contribution in [-0.2, 0) is 4.79 Å². The highest BCUT2D eigenvalue weighted by atomic mass is 16.1. The van der Waals surface area contributed by atoms with Gasteiger partial charge < -0.3 is 5.32 Å². The Balaban J connectivity index is 2.26. The zero-order valence-electron chi connectivity index (χ0n) is 13.4. The molecule has 1 amide bonds. The third-order valence-corrected chi connectivity index (χ3v) is 3.25. The van der Waals surface area contributed by atoms with Crippen LogP contribution in [0.25, 0.3) is 5.69 Å². The highest BCUT2D eigenvalue weighted by Crippen LogP contribution is 2.25. The van der Waals surface area contributed by atoms with E-state index in [1.54, 1.807) is 0 Å². The monoisotopic (exact) mass is 285 g/mol. The minimum Gasteiger partial charge on any atom is -0.323 e. The summed E-state index contributed by atoms with van der Waals surface area (Å²) in [5.74, 6) is 0.0290. The average Bonchev–Trinajstić information content (AvgIpc) is 2.66. The molecule has 2 aromatic rings. The molecule has 0 spiro atoms. The molecule has 0 saturated heterocycles. The second kappa shape index (κ2) is 5.72. The molecule has 0 aliphatic rings. The maximum absolute atomic E-state index is 12.1. The predicted octanol–water partition coefficient (Wildman–Crippen LogP) is 3.86. The molecule has 2 rings (SSSR count). The molecule has 0 atom stereocenters. The Morgan fingerprint density at radius 3 is 2.38 bits per heavy atom. The molecule has 0 fully saturated rings. The molecule has 1 N–H and O–H groups in total. The number of carbonyl (C=O) groups excluding carboxylic acids is 1. The Kier molecular flexibility index (Phi) is 4.16. The van der Waals surface area contributed by atoms with Crippen LogP contribution in [0, 0.1) is 19.3 Å². The van der Waals surface area contributed by atoms with Crippen molar-refractivity contribution in [3.8, 4) is 5.69 Å². The summed E-state index contributed by atoms with van der Waals surface area (Å²) in [6.45, 7) is 10.1. The van der Waals surface area contributed by atoms with Crippen LogP contribution >= 0.6 is 0 Å². The molecule has 0 radical (unpaired) electrons. The van der Waals surface area contributed by atoms with E-state index in [-0.39, 0.29) is 11.3 Å². The summed E-state index contributed by atoms with van der Waals surface area (Å²) < 4.78 is 1.86. The van der Waals surface area contributed by atoms with Gasteiger partial charge in [0.2, 0.25) is 5.91 Å². The lowest BCUT2D eigenvalue weighted by Gasteiger charge is -2.17. The summed E-state index contributed by atoms with van der Waals surface area (Å²) >= 11 is 0. The normalized spacial score (nSPS) is 11.5. The Bertz CT molecular complexity index is 636. The first kappa shape index (κ1) is 15.3. The number of nitrogens with one attached hydrogen (secondary N) is 1. The zero-order valence-corrected chi connectivity index (χ0v) is 13.4. The summed E-state index contributed by atoms with van der Waals surface area (Å²) in [4.78, 5) is 12.1. The molecule has 1 aromatic heterocycles. The number of rotatable bonds is 3. The largest absolute Gasteiger partial charge is 0.323 e. The molecular weight excluding hydrogens is 262 g/mol. The van der Waals surface area contributed by atoms with Gasteiger partial charge in [-0.1, -0.05) is 39.0 Å². The van der Waals surface area contributed by atoms with Gasteiger partial charge in [0.1, 0.15) is 0 Å². The molecular formula is C17H23N3O. The van der Waals surface area contributed by atoms with E-state index in [0.29, 0.717) is 6.42 Å². The molecule has 0 unspecified atom stereocenters. The van der Waals surface area contributed by atoms with E-state index >= 15 is 0 Å². The van der Waals surface area contributed by atoms with Gasteiger partial charge in [-0.3, -0.25) is 4.79 Å². The molecule has 4 nitrogen and oxygen atoms in total. The Morgan fingerprint density at radius 1 is 1.19 bits per heavy atom. The number of carbonyl (C=O) groups is 1. The van der Waals surface area contributed by atoms with E-state index in [2.05, 4.69) is 31.2 Å². The van der Waals surface area contributed by atoms with Gasteiger partial charge in [-0.2, -0.15) is 5.10 Å². The maximum atomic E-state index is 12.1. The molecule has 1 aromatic carbocycles. The molecule has 0 aliphatic carbocycles. The number of hydrogen-bond acceptors (Lipinski definition) is 2. The van der Waals surface area contributed by atoms with E-state index in [0.717, 1.165) is 22.8 Å². The smallest absolute Gasteiger partial charge is 0.224 e. The fraction of sp³-hybridized carbons (Fsp3) is 0.412. The quantitative estimate of drug-likeness (QED) is 0.930. The zero-order chi connectivity index (χ0) is 15.6. The molecule has 4 heteroatoms. The van der Waals surface area contributed by atoms with Gasteiger partial charge in [-0.15, -0.1) is 0 Å². The SMILES string of the molecule is Cc1nn(-c2ccccc2)c(C)c1NC(=O)CC(C)(C)C. The lowest BCUT2D eigenvalue weighted by atomic mass is 9.92. The van der Waals surface area contributed by atoms with Crippen LogP contribution in [-0.4, -0.2) is 15.7 Å². The Morgan fingerprint density at radius 2 is 1.81 bits per heavy atom. The number of aromatic nitrogens is 2. The molecule has 0 bridgehead atoms. The van der Waals surface area contributed by atoms with Crippen LogP contribution in [0.4, 0.5) is 5.69 Å². The van der Waals surface area contributed by atoms with Gasteiger partial charge in [-0.25, -0.2) is 4.68 Å². The van der Waals surface area contributed by atoms with Crippen LogP contribution in [0.15, 0.2) is 30.3 Å². The number of hydrogen-bond donors (Lipinski definition) is 1. The van der Waals surface area contributed by atoms with Crippen molar-refractivity contribution < 1.29 is 4.79 Å². The van der Waals surface area contributed by atoms with E-state index in [1.165, 1.54) is 0 Å². The third-order valence-electron chi connectivity index (χ3n) is 3.25. The molecule has 1 heterocycles. The van der Waals surface area contributed by atoms with Gasteiger partial charge >= 0.3 is 0 Å². The third kappa shape index (κ3) is 3.72. The van der Waals surface area contributed by atoms with Crippen molar-refractivity contribution in [2.45, 2.75) is 41.0 Å². The summed E-state index contributed by atoms with van der Waals surface area (Å²) in [6, 6.07) is 9.93. The van der Waals surface area contributed by atoms with E-state index in [4.69, 9.17) is 0 Å². The van der Waals surface area contributed by atoms with Crippen molar-refractivity contribution >= 4 is 11.6 Å². The molecule has 21 heavy (non-hydrogen) atoms. The molecule has 0 aliphatic heterocycles. The first-order valence-electron chi connectivity index (χ1n) is 7.19.